The highest BCUT2D eigenvalue weighted by Gasteiger charge is 2.53. The number of non-ortho nitro benzene ring substituents is 1. The molecule has 4 heterocycles. The lowest BCUT2D eigenvalue weighted by atomic mass is 9.77. The van der Waals surface area contributed by atoms with Gasteiger partial charge in [-0.3, -0.25) is 24.5 Å². The van der Waals surface area contributed by atoms with E-state index >= 15 is 0 Å². The van der Waals surface area contributed by atoms with Crippen LogP contribution in [0, 0.1) is 33.7 Å². The van der Waals surface area contributed by atoms with Crippen molar-refractivity contribution in [3.05, 3.63) is 46.0 Å². The van der Waals surface area contributed by atoms with Gasteiger partial charge >= 0.3 is 5.97 Å². The molecule has 1 aromatic carbocycles. The molecule has 0 unspecified atom stereocenters. The molecule has 22 heteroatoms. The Hall–Kier alpha value is -3.52. The summed E-state index contributed by atoms with van der Waals surface area (Å²) in [4.78, 5) is 28.6. The molecule has 0 aliphatic carbocycles. The molecule has 0 spiro atoms. The smallest absolute Gasteiger partial charge is 0.311 e. The summed E-state index contributed by atoms with van der Waals surface area (Å²) in [6.07, 6.45) is -7.87. The van der Waals surface area contributed by atoms with Crippen molar-refractivity contribution in [1.29, 1.82) is 0 Å². The Bertz CT molecular complexity index is 2030. The van der Waals surface area contributed by atoms with Crippen molar-refractivity contribution in [1.82, 2.24) is 24.8 Å². The Balaban J connectivity index is 1.42. The minimum Gasteiger partial charge on any atom is -0.459 e. The number of halogens is 1. The summed E-state index contributed by atoms with van der Waals surface area (Å²) >= 11 is 0. The van der Waals surface area contributed by atoms with Gasteiger partial charge in [-0.25, -0.2) is 4.39 Å². The first-order valence-corrected chi connectivity index (χ1v) is 24.5. The minimum atomic E-state index is -1.86. The molecule has 0 amide bonds. The Morgan fingerprint density at radius 3 is 2.36 bits per heavy atom. The average Bonchev–Trinajstić information content (AvgIpc) is 3.76. The lowest BCUT2D eigenvalue weighted by Crippen LogP contribution is -2.61. The topological polar surface area (TPSA) is 266 Å². The van der Waals surface area contributed by atoms with Crippen molar-refractivity contribution >= 4 is 17.3 Å². The fourth-order valence-corrected chi connectivity index (χ4v) is 10.6. The maximum absolute atomic E-state index is 14.5. The first-order chi connectivity index (χ1) is 32.6. The molecular formula is C48H80FN7O14. The number of carbonyl (C=O) groups excluding carboxylic acids is 1. The van der Waals surface area contributed by atoms with E-state index in [-0.39, 0.29) is 43.1 Å². The molecule has 3 saturated heterocycles. The summed E-state index contributed by atoms with van der Waals surface area (Å²) in [7, 11) is 5.15. The third kappa shape index (κ3) is 13.4. The van der Waals surface area contributed by atoms with Crippen LogP contribution >= 0.6 is 0 Å². The largest absolute Gasteiger partial charge is 0.459 e. The van der Waals surface area contributed by atoms with Crippen molar-refractivity contribution < 1.29 is 68.1 Å². The molecule has 5 rings (SSSR count). The predicted molar refractivity (Wildman–Crippen MR) is 254 cm³/mol. The predicted octanol–water partition coefficient (Wildman–Crippen LogP) is 3.22. The molecule has 0 bridgehead atoms. The number of nitrogens with one attached hydrogen (secondary N) is 1. The van der Waals surface area contributed by atoms with Gasteiger partial charge in [0.15, 0.2) is 18.4 Å². The molecule has 1 aromatic heterocycles. The summed E-state index contributed by atoms with van der Waals surface area (Å²) in [6.45, 7) is 18.5. The van der Waals surface area contributed by atoms with Gasteiger partial charge in [-0.2, -0.15) is 0 Å². The van der Waals surface area contributed by atoms with Crippen molar-refractivity contribution in [3.63, 3.8) is 0 Å². The zero-order valence-corrected chi connectivity index (χ0v) is 43.1. The maximum atomic E-state index is 14.5. The van der Waals surface area contributed by atoms with E-state index in [4.69, 9.17) is 28.4 Å². The molecule has 6 N–H and O–H groups in total. The number of aliphatic hydroxyl groups excluding tert-OH is 3. The van der Waals surface area contributed by atoms with E-state index in [2.05, 4.69) is 15.6 Å². The van der Waals surface area contributed by atoms with Crippen molar-refractivity contribution in [2.45, 2.75) is 198 Å². The lowest BCUT2D eigenvalue weighted by Gasteiger charge is -2.49. The van der Waals surface area contributed by atoms with Crippen LogP contribution in [0.1, 0.15) is 101 Å². The molecule has 0 saturated carbocycles. The first kappa shape index (κ1) is 57.4. The Labute approximate surface area is 411 Å². The Morgan fingerprint density at radius 2 is 1.73 bits per heavy atom. The number of rotatable bonds is 14. The number of esters is 1. The number of nitro groups is 1. The lowest BCUT2D eigenvalue weighted by molar-refractivity contribution is -0.385. The third-order valence-corrected chi connectivity index (χ3v) is 15.0. The number of likely N-dealkylation sites (N-methyl/N-ethyl adjacent to an activating group) is 2. The number of aromatic nitrogens is 3. The molecule has 3 aliphatic rings. The van der Waals surface area contributed by atoms with Gasteiger partial charge in [0, 0.05) is 50.7 Å². The second-order valence-electron chi connectivity index (χ2n) is 20.9. The highest BCUT2D eigenvalue weighted by atomic mass is 19.1. The van der Waals surface area contributed by atoms with Crippen molar-refractivity contribution in [3.8, 4) is 0 Å². The van der Waals surface area contributed by atoms with Crippen LogP contribution in [-0.2, 0) is 46.3 Å². The summed E-state index contributed by atoms with van der Waals surface area (Å²) in [5, 5.41) is 81.8. The standard InChI is InChI=1S/C48H80FN7O14/c1-14-37-48(10,62)41(58)30(6)54(12)24-26(2)21-46(8,61)43(28(4)40(29(5)44(60)68-37)69-38-22-47(9,65-13)42(59)31(7)67-38)70-45-39(57)36(19-27(3)66-45)53(11)17-18-55-25-32(51-52-55)23-50-35-16-15-33(56(63)64)20-34(35)49/h15-16,20,25-31,36-43,45,50,57-59,61-62H,14,17-19,21-24H2,1-13H3/t26-,27-,28+,29-,30-,31+,36+,37-,38+,39-,40+,41-,42+,43-,45+,46-,47-,48-/m1/s1. The quantitative estimate of drug-likeness (QED) is 0.0901. The molecule has 2 aromatic rings. The van der Waals surface area contributed by atoms with Crippen LogP contribution in [0.25, 0.3) is 0 Å². The van der Waals surface area contributed by atoms with Gasteiger partial charge in [-0.15, -0.1) is 5.10 Å². The third-order valence-electron chi connectivity index (χ3n) is 15.0. The highest BCUT2D eigenvalue weighted by molar-refractivity contribution is 5.73. The van der Waals surface area contributed by atoms with Crippen LogP contribution in [0.5, 0.6) is 0 Å². The van der Waals surface area contributed by atoms with Crippen LogP contribution in [0.2, 0.25) is 0 Å². The second-order valence-corrected chi connectivity index (χ2v) is 20.9. The molecular weight excluding hydrogens is 918 g/mol. The molecule has 3 fully saturated rings. The van der Waals surface area contributed by atoms with Crippen molar-refractivity contribution in [2.24, 2.45) is 17.8 Å². The zero-order valence-electron chi connectivity index (χ0n) is 43.1. The Morgan fingerprint density at radius 1 is 1.04 bits per heavy atom. The number of hydrogen-bond acceptors (Lipinski definition) is 19. The molecule has 398 valence electrons. The summed E-state index contributed by atoms with van der Waals surface area (Å²) in [5.74, 6) is -3.68. The average molecular weight is 998 g/mol. The van der Waals surface area contributed by atoms with Crippen LogP contribution < -0.4 is 5.32 Å². The maximum Gasteiger partial charge on any atom is 0.311 e. The first-order valence-electron chi connectivity index (χ1n) is 24.5. The monoisotopic (exact) mass is 998 g/mol. The van der Waals surface area contributed by atoms with E-state index in [9.17, 15) is 44.8 Å². The van der Waals surface area contributed by atoms with E-state index in [1.165, 1.54) is 26.2 Å². The van der Waals surface area contributed by atoms with Crippen LogP contribution in [0.4, 0.5) is 15.8 Å². The molecule has 3 aliphatic heterocycles. The van der Waals surface area contributed by atoms with Gasteiger partial charge in [-0.05, 0) is 93.8 Å². The van der Waals surface area contributed by atoms with Gasteiger partial charge in [0.25, 0.3) is 5.69 Å². The number of nitrogens with zero attached hydrogens (tertiary/aromatic N) is 6. The van der Waals surface area contributed by atoms with Crippen molar-refractivity contribution in [2.75, 3.05) is 39.6 Å². The highest BCUT2D eigenvalue weighted by Crippen LogP contribution is 2.40. The molecule has 21 nitrogen and oxygen atoms in total. The number of nitro benzene ring substituents is 1. The van der Waals surface area contributed by atoms with E-state index in [1.807, 2.05) is 37.7 Å². The summed E-state index contributed by atoms with van der Waals surface area (Å²) in [5.41, 5.74) is -4.39. The van der Waals surface area contributed by atoms with Crippen LogP contribution in [0.3, 0.4) is 0 Å². The van der Waals surface area contributed by atoms with Gasteiger partial charge in [0.2, 0.25) is 0 Å². The SMILES string of the molecule is CC[C@H]1OC(=O)[C@H](C)[C@@H](O[C@H]2C[C@@](C)(OC)[C@@H](O)[C@H](C)O2)[C@H](C)[C@@H](O[C@@H]2O[C@H](C)C[C@H](N(C)CCn3cc(CNc4ccc([N+](=O)[O-])cc4F)nn3)[C@H]2O)[C@](C)(O)C[C@@H](C)CN(C)[C@H](C)[C@@H](O)[C@]1(C)O. The number of methoxy groups -OCH3 is 1. The summed E-state index contributed by atoms with van der Waals surface area (Å²) in [6, 6.07) is 2.24. The Kier molecular flexibility index (Phi) is 19.3. The van der Waals surface area contributed by atoms with Gasteiger partial charge in [0.05, 0.1) is 77.5 Å². The normalized spacial score (nSPS) is 39.8. The van der Waals surface area contributed by atoms with Crippen LogP contribution in [0.15, 0.2) is 24.4 Å². The van der Waals surface area contributed by atoms with E-state index < -0.39 is 119 Å². The zero-order chi connectivity index (χ0) is 52.2. The molecule has 0 radical (unpaired) electrons. The van der Waals surface area contributed by atoms with E-state index in [0.29, 0.717) is 31.7 Å². The van der Waals surface area contributed by atoms with E-state index in [1.54, 1.807) is 59.3 Å². The van der Waals surface area contributed by atoms with E-state index in [0.717, 1.165) is 6.07 Å². The fourth-order valence-electron chi connectivity index (χ4n) is 10.6. The van der Waals surface area contributed by atoms with Gasteiger partial charge in [0.1, 0.15) is 35.7 Å². The summed E-state index contributed by atoms with van der Waals surface area (Å²) < 4.78 is 54.2. The minimum absolute atomic E-state index is 0.0760. The number of anilines is 1. The number of cyclic esters (lactones) is 1. The number of ether oxygens (including phenoxy) is 6. The number of hydrogen-bond donors (Lipinski definition) is 6. The number of benzene rings is 1. The fraction of sp³-hybridized carbons (Fsp3) is 0.812. The molecule has 70 heavy (non-hydrogen) atoms. The van der Waals surface area contributed by atoms with Crippen LogP contribution in [-0.4, -0.2) is 186 Å². The molecule has 18 atom stereocenters. The second kappa shape index (κ2) is 23.6. The number of carbonyl (C=O) groups is 1. The van der Waals surface area contributed by atoms with Gasteiger partial charge in [-0.1, -0.05) is 26.0 Å². The van der Waals surface area contributed by atoms with Gasteiger partial charge < -0.3 is 64.2 Å². The number of aliphatic hydroxyl groups is 5.